The summed E-state index contributed by atoms with van der Waals surface area (Å²) in [5, 5.41) is 7.06. The van der Waals surface area contributed by atoms with Crippen LogP contribution in [-0.2, 0) is 10.0 Å². The third-order valence-corrected chi connectivity index (χ3v) is 7.07. The van der Waals surface area contributed by atoms with Crippen LogP contribution in [0.4, 0.5) is 10.2 Å². The van der Waals surface area contributed by atoms with Crippen molar-refractivity contribution in [2.75, 3.05) is 25.0 Å². The zero-order valence-electron chi connectivity index (χ0n) is 16.4. The van der Waals surface area contributed by atoms with Crippen LogP contribution in [0.5, 0.6) is 0 Å². The Bertz CT molecular complexity index is 1170. The van der Waals surface area contributed by atoms with E-state index in [-0.39, 0.29) is 5.56 Å². The van der Waals surface area contributed by atoms with E-state index in [1.165, 1.54) is 22.3 Å². The Balaban J connectivity index is 1.61. The number of rotatable bonds is 5. The first kappa shape index (κ1) is 20.2. The predicted molar refractivity (Wildman–Crippen MR) is 111 cm³/mol. The summed E-state index contributed by atoms with van der Waals surface area (Å²) < 4.78 is 41.1. The zero-order chi connectivity index (χ0) is 21.3. The number of nitrogens with one attached hydrogen (secondary N) is 1. The lowest BCUT2D eigenvalue weighted by Crippen LogP contribution is -2.30. The topological polar surface area (TPSA) is 86.4 Å². The maximum atomic E-state index is 14.3. The summed E-state index contributed by atoms with van der Waals surface area (Å²) in [5.41, 5.74) is 1.72. The second-order valence-electron chi connectivity index (χ2n) is 7.13. The summed E-state index contributed by atoms with van der Waals surface area (Å²) in [7, 11) is -2.45. The van der Waals surface area contributed by atoms with E-state index in [1.54, 1.807) is 6.07 Å². The van der Waals surface area contributed by atoms with Crippen LogP contribution in [0.3, 0.4) is 0 Å². The molecule has 2 aromatic carbocycles. The summed E-state index contributed by atoms with van der Waals surface area (Å²) >= 11 is 0. The highest BCUT2D eigenvalue weighted by molar-refractivity contribution is 7.89. The van der Waals surface area contributed by atoms with Gasteiger partial charge in [0.25, 0.3) is 5.91 Å². The number of aromatic nitrogens is 2. The van der Waals surface area contributed by atoms with Crippen LogP contribution in [-0.4, -0.2) is 49.0 Å². The normalized spacial score (nSPS) is 14.7. The van der Waals surface area contributed by atoms with E-state index < -0.39 is 26.6 Å². The Morgan fingerprint density at radius 2 is 1.80 bits per heavy atom. The SMILES string of the molecule is CN(C(=O)c1ccc(F)c(S(=O)(=O)N2CCCC2)c1)c1cc(-c2ccccc2)[nH]n1. The summed E-state index contributed by atoms with van der Waals surface area (Å²) in [5.74, 6) is -0.988. The number of carbonyl (C=O) groups excluding carboxylic acids is 1. The van der Waals surface area contributed by atoms with Gasteiger partial charge in [0.15, 0.2) is 5.82 Å². The number of amides is 1. The first-order chi connectivity index (χ1) is 14.4. The molecule has 2 heterocycles. The Hall–Kier alpha value is -3.04. The molecule has 9 heteroatoms. The average Bonchev–Trinajstić information content (AvgIpc) is 3.46. The quantitative estimate of drug-likeness (QED) is 0.676. The highest BCUT2D eigenvalue weighted by Gasteiger charge is 2.31. The summed E-state index contributed by atoms with van der Waals surface area (Å²) in [4.78, 5) is 13.8. The number of nitrogens with zero attached hydrogens (tertiary/aromatic N) is 3. The van der Waals surface area contributed by atoms with Crippen LogP contribution in [0, 0.1) is 5.82 Å². The van der Waals surface area contributed by atoms with Gasteiger partial charge < -0.3 is 0 Å². The molecule has 0 atom stereocenters. The van der Waals surface area contributed by atoms with E-state index in [0.29, 0.717) is 18.9 Å². The van der Waals surface area contributed by atoms with E-state index in [9.17, 15) is 17.6 Å². The number of H-pyrrole nitrogens is 1. The van der Waals surface area contributed by atoms with E-state index in [4.69, 9.17) is 0 Å². The number of aromatic amines is 1. The standard InChI is InChI=1S/C21H21FN4O3S/c1-25(20-14-18(23-24-20)15-7-3-2-4-8-15)21(27)16-9-10-17(22)19(13-16)30(28,29)26-11-5-6-12-26/h2-4,7-10,13-14H,5-6,11-12H2,1H3,(H,23,24). The molecule has 0 saturated carbocycles. The molecule has 1 saturated heterocycles. The van der Waals surface area contributed by atoms with Crippen LogP contribution in [0.1, 0.15) is 23.2 Å². The van der Waals surface area contributed by atoms with Gasteiger partial charge in [0, 0.05) is 31.8 Å². The molecule has 1 amide bonds. The van der Waals surface area contributed by atoms with Crippen LogP contribution in [0.15, 0.2) is 59.5 Å². The van der Waals surface area contributed by atoms with Crippen LogP contribution in [0.25, 0.3) is 11.3 Å². The van der Waals surface area contributed by atoms with Gasteiger partial charge in [0.1, 0.15) is 10.7 Å². The Morgan fingerprint density at radius 3 is 2.50 bits per heavy atom. The number of carbonyl (C=O) groups is 1. The van der Waals surface area contributed by atoms with Crippen molar-refractivity contribution in [2.24, 2.45) is 0 Å². The third kappa shape index (κ3) is 3.73. The fourth-order valence-electron chi connectivity index (χ4n) is 3.45. The molecule has 0 aliphatic carbocycles. The molecule has 1 aliphatic rings. The minimum absolute atomic E-state index is 0.0703. The molecule has 1 aliphatic heterocycles. The van der Waals surface area contributed by atoms with Gasteiger partial charge in [-0.25, -0.2) is 12.8 Å². The first-order valence-electron chi connectivity index (χ1n) is 9.56. The molecule has 0 radical (unpaired) electrons. The zero-order valence-corrected chi connectivity index (χ0v) is 17.2. The van der Waals surface area contributed by atoms with Crippen LogP contribution in [0.2, 0.25) is 0 Å². The van der Waals surface area contributed by atoms with Gasteiger partial charge in [0.05, 0.1) is 5.69 Å². The first-order valence-corrected chi connectivity index (χ1v) is 11.0. The van der Waals surface area contributed by atoms with Gasteiger partial charge in [-0.1, -0.05) is 30.3 Å². The Labute approximate surface area is 174 Å². The molecular weight excluding hydrogens is 407 g/mol. The van der Waals surface area contributed by atoms with Crippen molar-refractivity contribution < 1.29 is 17.6 Å². The van der Waals surface area contributed by atoms with E-state index in [1.807, 2.05) is 30.3 Å². The molecule has 1 fully saturated rings. The number of hydrogen-bond acceptors (Lipinski definition) is 4. The van der Waals surface area contributed by atoms with Crippen LogP contribution < -0.4 is 4.90 Å². The van der Waals surface area contributed by atoms with Crippen molar-refractivity contribution in [3.63, 3.8) is 0 Å². The van der Waals surface area contributed by atoms with Crippen molar-refractivity contribution in [1.29, 1.82) is 0 Å². The van der Waals surface area contributed by atoms with E-state index in [0.717, 1.165) is 36.2 Å². The van der Waals surface area contributed by atoms with Crippen molar-refractivity contribution in [3.05, 3.63) is 66.0 Å². The van der Waals surface area contributed by atoms with E-state index in [2.05, 4.69) is 10.2 Å². The molecule has 30 heavy (non-hydrogen) atoms. The van der Waals surface area contributed by atoms with E-state index >= 15 is 0 Å². The number of anilines is 1. The number of hydrogen-bond donors (Lipinski definition) is 1. The fourth-order valence-corrected chi connectivity index (χ4v) is 5.06. The fraction of sp³-hybridized carbons (Fsp3) is 0.238. The van der Waals surface area contributed by atoms with Gasteiger partial charge in [-0.2, -0.15) is 9.40 Å². The second kappa shape index (κ2) is 8.00. The second-order valence-corrected chi connectivity index (χ2v) is 9.03. The molecule has 1 N–H and O–H groups in total. The highest BCUT2D eigenvalue weighted by atomic mass is 32.2. The highest BCUT2D eigenvalue weighted by Crippen LogP contribution is 2.26. The predicted octanol–water partition coefficient (Wildman–Crippen LogP) is 3.28. The van der Waals surface area contributed by atoms with Crippen molar-refractivity contribution in [2.45, 2.75) is 17.7 Å². The average molecular weight is 428 g/mol. The minimum atomic E-state index is -3.98. The summed E-state index contributed by atoms with van der Waals surface area (Å²) in [6.45, 7) is 0.713. The third-order valence-electron chi connectivity index (χ3n) is 5.16. The van der Waals surface area contributed by atoms with Crippen LogP contribution >= 0.6 is 0 Å². The lowest BCUT2D eigenvalue weighted by Gasteiger charge is -2.18. The number of benzene rings is 2. The molecule has 0 unspecified atom stereocenters. The summed E-state index contributed by atoms with van der Waals surface area (Å²) in [6, 6.07) is 14.6. The minimum Gasteiger partial charge on any atom is -0.294 e. The van der Waals surface area contributed by atoms with Gasteiger partial charge in [0.2, 0.25) is 10.0 Å². The summed E-state index contributed by atoms with van der Waals surface area (Å²) in [6.07, 6.45) is 1.48. The number of halogens is 1. The van der Waals surface area contributed by atoms with Crippen molar-refractivity contribution >= 4 is 21.7 Å². The number of sulfonamides is 1. The monoisotopic (exact) mass is 428 g/mol. The largest absolute Gasteiger partial charge is 0.294 e. The van der Waals surface area contributed by atoms with Crippen molar-refractivity contribution in [1.82, 2.24) is 14.5 Å². The van der Waals surface area contributed by atoms with Crippen molar-refractivity contribution in [3.8, 4) is 11.3 Å². The maximum Gasteiger partial charge on any atom is 0.259 e. The molecule has 156 valence electrons. The molecule has 0 spiro atoms. The smallest absolute Gasteiger partial charge is 0.259 e. The molecule has 7 nitrogen and oxygen atoms in total. The lowest BCUT2D eigenvalue weighted by molar-refractivity contribution is 0.0992. The maximum absolute atomic E-state index is 14.3. The lowest BCUT2D eigenvalue weighted by atomic mass is 10.1. The molecule has 0 bridgehead atoms. The molecule has 4 rings (SSSR count). The van der Waals surface area contributed by atoms with Gasteiger partial charge in [-0.15, -0.1) is 0 Å². The molecule has 1 aromatic heterocycles. The van der Waals surface area contributed by atoms with Gasteiger partial charge in [-0.05, 0) is 36.6 Å². The van der Waals surface area contributed by atoms with Gasteiger partial charge >= 0.3 is 0 Å². The molecule has 3 aromatic rings. The van der Waals surface area contributed by atoms with Gasteiger partial charge in [-0.3, -0.25) is 14.8 Å². The molecular formula is C21H21FN4O3S. The Morgan fingerprint density at radius 1 is 1.10 bits per heavy atom. The Kier molecular flexibility index (Phi) is 5.40.